The zero-order valence-corrected chi connectivity index (χ0v) is 16.8. The molecule has 0 bridgehead atoms. The largest absolute Gasteiger partial charge is 0.490 e. The van der Waals surface area contributed by atoms with E-state index in [1.54, 1.807) is 0 Å². The van der Waals surface area contributed by atoms with Gasteiger partial charge in [-0.2, -0.15) is 5.26 Å². The summed E-state index contributed by atoms with van der Waals surface area (Å²) in [7, 11) is 0. The topological polar surface area (TPSA) is 62.6 Å². The summed E-state index contributed by atoms with van der Waals surface area (Å²) < 4.78 is 11.3. The van der Waals surface area contributed by atoms with Crippen molar-refractivity contribution in [1.29, 1.82) is 5.26 Å². The van der Waals surface area contributed by atoms with Crippen molar-refractivity contribution in [2.45, 2.75) is 57.0 Å². The molecule has 0 atom stereocenters. The van der Waals surface area contributed by atoms with Gasteiger partial charge in [-0.25, -0.2) is 0 Å². The second kappa shape index (κ2) is 9.25. The van der Waals surface area contributed by atoms with Gasteiger partial charge >= 0.3 is 5.97 Å². The van der Waals surface area contributed by atoms with E-state index in [0.717, 1.165) is 29.7 Å². The molecule has 5 nitrogen and oxygen atoms in total. The van der Waals surface area contributed by atoms with E-state index < -0.39 is 5.41 Å². The lowest BCUT2D eigenvalue weighted by atomic mass is 9.73. The number of esters is 1. The van der Waals surface area contributed by atoms with Crippen LogP contribution >= 0.6 is 0 Å². The molecular weight excluding hydrogens is 352 g/mol. The Hall–Kier alpha value is -2.32. The fourth-order valence-electron chi connectivity index (χ4n) is 4.24. The first kappa shape index (κ1) is 20.4. The molecule has 0 N–H and O–H groups in total. The lowest BCUT2D eigenvalue weighted by Crippen LogP contribution is -2.44. The smallest absolute Gasteiger partial charge is 0.320 e. The van der Waals surface area contributed by atoms with Gasteiger partial charge in [0.2, 0.25) is 0 Å². The molecule has 0 aromatic heterocycles. The van der Waals surface area contributed by atoms with Gasteiger partial charge in [0.05, 0.1) is 30.7 Å². The van der Waals surface area contributed by atoms with Crippen LogP contribution in [0.1, 0.15) is 56.6 Å². The lowest BCUT2D eigenvalue weighted by molar-refractivity contribution is -0.144. The second-order valence-corrected chi connectivity index (χ2v) is 7.76. The monoisotopic (exact) mass is 382 g/mol. The Morgan fingerprint density at radius 1 is 1.36 bits per heavy atom. The first-order chi connectivity index (χ1) is 13.6. The zero-order valence-electron chi connectivity index (χ0n) is 16.8. The number of hydrogen-bond acceptors (Lipinski definition) is 5. The maximum Gasteiger partial charge on any atom is 0.320 e. The fraction of sp³-hybridized carbons (Fsp3) is 0.565. The molecule has 150 valence electrons. The second-order valence-electron chi connectivity index (χ2n) is 7.76. The average molecular weight is 383 g/mol. The Labute approximate surface area is 167 Å². The van der Waals surface area contributed by atoms with Gasteiger partial charge in [0.1, 0.15) is 5.75 Å². The van der Waals surface area contributed by atoms with Crippen LogP contribution in [0.3, 0.4) is 0 Å². The van der Waals surface area contributed by atoms with Crippen molar-refractivity contribution < 1.29 is 14.3 Å². The molecule has 2 aliphatic rings. The van der Waals surface area contributed by atoms with Crippen LogP contribution < -0.4 is 4.74 Å². The number of nitrogens with zero attached hydrogens (tertiary/aromatic N) is 2. The van der Waals surface area contributed by atoms with Gasteiger partial charge in [-0.15, -0.1) is 0 Å². The van der Waals surface area contributed by atoms with E-state index in [1.165, 1.54) is 12.8 Å². The average Bonchev–Trinajstić information content (AvgIpc) is 3.22. The van der Waals surface area contributed by atoms with Crippen molar-refractivity contribution in [2.75, 3.05) is 26.2 Å². The van der Waals surface area contributed by atoms with E-state index in [4.69, 9.17) is 9.47 Å². The molecule has 0 amide bonds. The Morgan fingerprint density at radius 2 is 2.07 bits per heavy atom. The third kappa shape index (κ3) is 4.56. The Balaban J connectivity index is 1.74. The van der Waals surface area contributed by atoms with Gasteiger partial charge in [-0.3, -0.25) is 9.69 Å². The van der Waals surface area contributed by atoms with Gasteiger partial charge in [0, 0.05) is 18.7 Å². The van der Waals surface area contributed by atoms with E-state index in [1.807, 2.05) is 31.2 Å². The SMILES string of the molecule is C=Cc1ccc(C2(C#N)CCN(CC(=O)OCC)CC2)cc1OC1CCCC1. The number of ether oxygens (including phenoxy) is 2. The molecule has 1 aliphatic carbocycles. The van der Waals surface area contributed by atoms with Crippen LogP contribution in [0.25, 0.3) is 6.08 Å². The Kier molecular flexibility index (Phi) is 6.74. The number of carbonyl (C=O) groups is 1. The number of piperidine rings is 1. The summed E-state index contributed by atoms with van der Waals surface area (Å²) in [6, 6.07) is 8.65. The summed E-state index contributed by atoms with van der Waals surface area (Å²) in [6.07, 6.45) is 8.07. The molecule has 28 heavy (non-hydrogen) atoms. The first-order valence-corrected chi connectivity index (χ1v) is 10.3. The quantitative estimate of drug-likeness (QED) is 0.665. The van der Waals surface area contributed by atoms with E-state index >= 15 is 0 Å². The number of likely N-dealkylation sites (tertiary alicyclic amines) is 1. The highest BCUT2D eigenvalue weighted by Gasteiger charge is 2.37. The molecule has 1 aromatic rings. The minimum absolute atomic E-state index is 0.199. The Bertz CT molecular complexity index is 739. The van der Waals surface area contributed by atoms with Crippen LogP contribution in [0.2, 0.25) is 0 Å². The minimum Gasteiger partial charge on any atom is -0.490 e. The van der Waals surface area contributed by atoms with Gasteiger partial charge in [0.15, 0.2) is 0 Å². The first-order valence-electron chi connectivity index (χ1n) is 10.3. The predicted molar refractivity (Wildman–Crippen MR) is 109 cm³/mol. The van der Waals surface area contributed by atoms with E-state index in [-0.39, 0.29) is 12.1 Å². The third-order valence-corrected chi connectivity index (χ3v) is 5.96. The lowest BCUT2D eigenvalue weighted by Gasteiger charge is -2.37. The third-order valence-electron chi connectivity index (χ3n) is 5.96. The molecule has 1 saturated carbocycles. The molecule has 1 aromatic carbocycles. The molecule has 0 spiro atoms. The van der Waals surface area contributed by atoms with Crippen LogP contribution in [0, 0.1) is 11.3 Å². The number of benzene rings is 1. The van der Waals surface area contributed by atoms with Crippen molar-refractivity contribution in [3.8, 4) is 11.8 Å². The molecule has 1 heterocycles. The molecule has 1 aliphatic heterocycles. The number of hydrogen-bond donors (Lipinski definition) is 0. The molecule has 0 unspecified atom stereocenters. The zero-order chi connectivity index (χ0) is 20.0. The summed E-state index contributed by atoms with van der Waals surface area (Å²) in [5.41, 5.74) is 1.44. The standard InChI is InChI=1S/C23H30N2O3/c1-3-18-9-10-19(15-21(18)28-20-7-5-6-8-20)23(17-24)11-13-25(14-12-23)16-22(26)27-4-2/h3,9-10,15,20H,1,4-8,11-14,16H2,2H3. The molecular formula is C23H30N2O3. The van der Waals surface area contributed by atoms with Crippen LogP contribution in [-0.4, -0.2) is 43.2 Å². The highest BCUT2D eigenvalue weighted by atomic mass is 16.5. The maximum absolute atomic E-state index is 11.7. The van der Waals surface area contributed by atoms with Crippen molar-refractivity contribution >= 4 is 12.0 Å². The minimum atomic E-state index is -0.543. The Morgan fingerprint density at radius 3 is 2.68 bits per heavy atom. The summed E-state index contributed by atoms with van der Waals surface area (Å²) in [4.78, 5) is 13.8. The van der Waals surface area contributed by atoms with E-state index in [9.17, 15) is 10.1 Å². The maximum atomic E-state index is 11.7. The number of carbonyl (C=O) groups excluding carboxylic acids is 1. The van der Waals surface area contributed by atoms with Crippen molar-refractivity contribution in [3.63, 3.8) is 0 Å². The number of nitriles is 1. The summed E-state index contributed by atoms with van der Waals surface area (Å²) >= 11 is 0. The van der Waals surface area contributed by atoms with Gasteiger partial charge in [0.25, 0.3) is 0 Å². The van der Waals surface area contributed by atoms with Crippen LogP contribution in [0.5, 0.6) is 5.75 Å². The van der Waals surface area contributed by atoms with Crippen LogP contribution in [-0.2, 0) is 14.9 Å². The molecule has 3 rings (SSSR count). The number of rotatable bonds is 7. The summed E-state index contributed by atoms with van der Waals surface area (Å²) in [5, 5.41) is 10.0. The molecule has 5 heteroatoms. The van der Waals surface area contributed by atoms with Gasteiger partial charge < -0.3 is 9.47 Å². The summed E-state index contributed by atoms with van der Waals surface area (Å²) in [5.74, 6) is 0.637. The van der Waals surface area contributed by atoms with E-state index in [0.29, 0.717) is 39.1 Å². The summed E-state index contributed by atoms with van der Waals surface area (Å²) in [6.45, 7) is 7.81. The van der Waals surface area contributed by atoms with Gasteiger partial charge in [-0.1, -0.05) is 24.8 Å². The van der Waals surface area contributed by atoms with Crippen LogP contribution in [0.15, 0.2) is 24.8 Å². The highest BCUT2D eigenvalue weighted by molar-refractivity contribution is 5.71. The normalized spacial score (nSPS) is 19.7. The van der Waals surface area contributed by atoms with Crippen molar-refractivity contribution in [2.24, 2.45) is 0 Å². The molecule has 2 fully saturated rings. The fourth-order valence-corrected chi connectivity index (χ4v) is 4.24. The predicted octanol–water partition coefficient (Wildman–Crippen LogP) is 4.07. The van der Waals surface area contributed by atoms with Gasteiger partial charge in [-0.05, 0) is 57.1 Å². The molecule has 1 saturated heterocycles. The molecule has 0 radical (unpaired) electrons. The van der Waals surface area contributed by atoms with Crippen molar-refractivity contribution in [3.05, 3.63) is 35.9 Å². The highest BCUT2D eigenvalue weighted by Crippen LogP contribution is 2.38. The van der Waals surface area contributed by atoms with E-state index in [2.05, 4.69) is 17.5 Å². The van der Waals surface area contributed by atoms with Crippen LogP contribution in [0.4, 0.5) is 0 Å². The van der Waals surface area contributed by atoms with Crippen molar-refractivity contribution in [1.82, 2.24) is 4.90 Å².